The molecule has 0 bridgehead atoms. The topological polar surface area (TPSA) is 0 Å². The van der Waals surface area contributed by atoms with E-state index in [1.165, 1.54) is 24.0 Å². The average molecular weight is 186 g/mol. The van der Waals surface area contributed by atoms with Crippen molar-refractivity contribution in [2.24, 2.45) is 0 Å². The molecule has 0 nitrogen and oxygen atoms in total. The Balaban J connectivity index is 2.52. The van der Waals surface area contributed by atoms with Crippen LogP contribution in [-0.2, 0) is 0 Å². The highest BCUT2D eigenvalue weighted by molar-refractivity contribution is 5.57. The molecule has 0 aliphatic heterocycles. The van der Waals surface area contributed by atoms with Crippen molar-refractivity contribution in [3.63, 3.8) is 0 Å². The first-order valence-electron chi connectivity index (χ1n) is 5.49. The summed E-state index contributed by atoms with van der Waals surface area (Å²) >= 11 is 0. The van der Waals surface area contributed by atoms with E-state index in [1.54, 1.807) is 5.56 Å². The lowest BCUT2D eigenvalue weighted by Crippen LogP contribution is -1.97. The number of benzene rings is 1. The van der Waals surface area contributed by atoms with E-state index in [2.05, 4.69) is 38.6 Å². The van der Waals surface area contributed by atoms with Gasteiger partial charge in [-0.1, -0.05) is 44.7 Å². The van der Waals surface area contributed by atoms with Gasteiger partial charge in [-0.05, 0) is 41.4 Å². The molecule has 0 radical (unpaired) electrons. The van der Waals surface area contributed by atoms with Gasteiger partial charge < -0.3 is 0 Å². The first-order chi connectivity index (χ1) is 6.74. The molecule has 0 unspecified atom stereocenters. The molecule has 0 spiro atoms. The van der Waals surface area contributed by atoms with Gasteiger partial charge in [0.25, 0.3) is 0 Å². The Bertz CT molecular complexity index is 343. The Morgan fingerprint density at radius 1 is 1.36 bits per heavy atom. The van der Waals surface area contributed by atoms with Crippen molar-refractivity contribution in [2.75, 3.05) is 0 Å². The largest absolute Gasteiger partial charge is 0.0985 e. The molecule has 0 heterocycles. The summed E-state index contributed by atoms with van der Waals surface area (Å²) in [4.78, 5) is 0. The third-order valence-electron chi connectivity index (χ3n) is 3.00. The van der Waals surface area contributed by atoms with Gasteiger partial charge in [0.2, 0.25) is 0 Å². The highest BCUT2D eigenvalue weighted by Crippen LogP contribution is 2.45. The van der Waals surface area contributed by atoms with Crippen molar-refractivity contribution in [1.29, 1.82) is 0 Å². The summed E-state index contributed by atoms with van der Waals surface area (Å²) in [7, 11) is 0. The van der Waals surface area contributed by atoms with Crippen molar-refractivity contribution in [3.05, 3.63) is 41.5 Å². The van der Waals surface area contributed by atoms with Crippen LogP contribution in [0.5, 0.6) is 0 Å². The molecule has 74 valence electrons. The smallest absolute Gasteiger partial charge is 0.0153 e. The first-order valence-corrected chi connectivity index (χ1v) is 5.49. The second-order valence-corrected chi connectivity index (χ2v) is 4.48. The lowest BCUT2D eigenvalue weighted by molar-refractivity contribution is 0.841. The normalized spacial score (nSPS) is 15.9. The Kier molecular flexibility index (Phi) is 2.45. The maximum Gasteiger partial charge on any atom is -0.0153 e. The first kappa shape index (κ1) is 9.51. The Labute approximate surface area is 86.7 Å². The fourth-order valence-corrected chi connectivity index (χ4v) is 2.13. The maximum absolute atomic E-state index is 3.90. The van der Waals surface area contributed by atoms with Crippen LogP contribution in [0.15, 0.2) is 24.8 Å². The van der Waals surface area contributed by atoms with Crippen molar-refractivity contribution >= 4 is 6.08 Å². The van der Waals surface area contributed by atoms with E-state index in [0.29, 0.717) is 5.92 Å². The molecule has 1 aliphatic rings. The monoisotopic (exact) mass is 186 g/mol. The van der Waals surface area contributed by atoms with Crippen LogP contribution in [0.3, 0.4) is 0 Å². The van der Waals surface area contributed by atoms with Crippen LogP contribution in [0.1, 0.15) is 55.2 Å². The van der Waals surface area contributed by atoms with Crippen LogP contribution in [0.25, 0.3) is 6.08 Å². The zero-order valence-corrected chi connectivity index (χ0v) is 9.09. The molecule has 1 aliphatic carbocycles. The SMILES string of the molecule is C=Cc1cccc(C(C)C)c1C1CC1. The average Bonchev–Trinajstić information content (AvgIpc) is 2.99. The summed E-state index contributed by atoms with van der Waals surface area (Å²) < 4.78 is 0. The third-order valence-corrected chi connectivity index (χ3v) is 3.00. The Morgan fingerprint density at radius 3 is 2.57 bits per heavy atom. The summed E-state index contributed by atoms with van der Waals surface area (Å²) in [6.45, 7) is 8.45. The molecular weight excluding hydrogens is 168 g/mol. The summed E-state index contributed by atoms with van der Waals surface area (Å²) in [6, 6.07) is 6.61. The van der Waals surface area contributed by atoms with Crippen molar-refractivity contribution in [2.45, 2.75) is 38.5 Å². The summed E-state index contributed by atoms with van der Waals surface area (Å²) in [5, 5.41) is 0. The Morgan fingerprint density at radius 2 is 2.07 bits per heavy atom. The minimum Gasteiger partial charge on any atom is -0.0985 e. The quantitative estimate of drug-likeness (QED) is 0.659. The van der Waals surface area contributed by atoms with Crippen LogP contribution in [0.4, 0.5) is 0 Å². The van der Waals surface area contributed by atoms with Crippen LogP contribution in [0, 0.1) is 0 Å². The van der Waals surface area contributed by atoms with E-state index in [9.17, 15) is 0 Å². The molecule has 0 N–H and O–H groups in total. The number of hydrogen-bond acceptors (Lipinski definition) is 0. The van der Waals surface area contributed by atoms with Gasteiger partial charge in [-0.25, -0.2) is 0 Å². The molecule has 0 aromatic heterocycles. The molecule has 2 rings (SSSR count). The predicted octanol–water partition coefficient (Wildman–Crippen LogP) is 4.33. The van der Waals surface area contributed by atoms with Gasteiger partial charge in [-0.15, -0.1) is 0 Å². The van der Waals surface area contributed by atoms with E-state index in [1.807, 2.05) is 6.08 Å². The van der Waals surface area contributed by atoms with E-state index in [-0.39, 0.29) is 0 Å². The fourth-order valence-electron chi connectivity index (χ4n) is 2.13. The van der Waals surface area contributed by atoms with Gasteiger partial charge in [0, 0.05) is 0 Å². The predicted molar refractivity (Wildman–Crippen MR) is 62.6 cm³/mol. The highest BCUT2D eigenvalue weighted by atomic mass is 14.3. The van der Waals surface area contributed by atoms with E-state index in [4.69, 9.17) is 0 Å². The van der Waals surface area contributed by atoms with E-state index in [0.717, 1.165) is 5.92 Å². The van der Waals surface area contributed by atoms with E-state index >= 15 is 0 Å². The minimum atomic E-state index is 0.630. The van der Waals surface area contributed by atoms with Crippen LogP contribution < -0.4 is 0 Å². The summed E-state index contributed by atoms with van der Waals surface area (Å²) in [5.74, 6) is 1.45. The standard InChI is InChI=1S/C14H18/c1-4-11-6-5-7-13(10(2)3)14(11)12-8-9-12/h4-7,10,12H,1,8-9H2,2-3H3. The molecule has 1 aromatic carbocycles. The molecule has 14 heavy (non-hydrogen) atoms. The van der Waals surface area contributed by atoms with Gasteiger partial charge in [0.05, 0.1) is 0 Å². The van der Waals surface area contributed by atoms with Gasteiger partial charge in [-0.3, -0.25) is 0 Å². The maximum atomic E-state index is 3.90. The molecule has 0 amide bonds. The summed E-state index contributed by atoms with van der Waals surface area (Å²) in [5.41, 5.74) is 4.43. The zero-order chi connectivity index (χ0) is 10.1. The van der Waals surface area contributed by atoms with Crippen LogP contribution >= 0.6 is 0 Å². The Hall–Kier alpha value is -1.04. The number of rotatable bonds is 3. The van der Waals surface area contributed by atoms with Gasteiger partial charge >= 0.3 is 0 Å². The summed E-state index contributed by atoms with van der Waals surface area (Å²) in [6.07, 6.45) is 4.73. The van der Waals surface area contributed by atoms with Gasteiger partial charge in [0.1, 0.15) is 0 Å². The third kappa shape index (κ3) is 1.61. The number of hydrogen-bond donors (Lipinski definition) is 0. The lowest BCUT2D eigenvalue weighted by atomic mass is 9.90. The van der Waals surface area contributed by atoms with E-state index < -0.39 is 0 Å². The molecule has 0 heteroatoms. The van der Waals surface area contributed by atoms with Crippen LogP contribution in [0.2, 0.25) is 0 Å². The second kappa shape index (κ2) is 3.61. The fraction of sp³-hybridized carbons (Fsp3) is 0.429. The van der Waals surface area contributed by atoms with Crippen LogP contribution in [-0.4, -0.2) is 0 Å². The molecule has 0 atom stereocenters. The molecular formula is C14H18. The van der Waals surface area contributed by atoms with Crippen molar-refractivity contribution in [1.82, 2.24) is 0 Å². The van der Waals surface area contributed by atoms with Gasteiger partial charge in [0.15, 0.2) is 0 Å². The molecule has 1 saturated carbocycles. The van der Waals surface area contributed by atoms with Gasteiger partial charge in [-0.2, -0.15) is 0 Å². The molecule has 1 fully saturated rings. The minimum absolute atomic E-state index is 0.630. The molecule has 1 aromatic rings. The molecule has 0 saturated heterocycles. The highest BCUT2D eigenvalue weighted by Gasteiger charge is 2.28. The zero-order valence-electron chi connectivity index (χ0n) is 9.09. The lowest BCUT2D eigenvalue weighted by Gasteiger charge is -2.14. The van der Waals surface area contributed by atoms with Crippen molar-refractivity contribution in [3.8, 4) is 0 Å². The second-order valence-electron chi connectivity index (χ2n) is 4.48. The van der Waals surface area contributed by atoms with Crippen molar-refractivity contribution < 1.29 is 0 Å².